The number of alkyl halides is 5. The van der Waals surface area contributed by atoms with E-state index in [1.165, 1.54) is 18.2 Å². The van der Waals surface area contributed by atoms with Gasteiger partial charge in [0.1, 0.15) is 16.5 Å². The van der Waals surface area contributed by atoms with Crippen molar-refractivity contribution < 1.29 is 44.6 Å². The number of nitrogens with zero attached hydrogens (tertiary/aromatic N) is 1. The Balaban J connectivity index is 1.93. The summed E-state index contributed by atoms with van der Waals surface area (Å²) in [5.41, 5.74) is -1.08. The standard InChI is InChI=1S/C21H14ClF5N2O5S/c1-35(31,32)29-18(30)11-5-6-15(17(8-11)34-20(23)24)12-7-16(22)19(28-10-12)33-14-4-2-3-13(9-14)21(25,26)27/h2-10,20H,1H3,(H,29,30). The summed E-state index contributed by atoms with van der Waals surface area (Å²) in [6.45, 7) is -3.28. The van der Waals surface area contributed by atoms with E-state index in [1.807, 2.05) is 0 Å². The smallest absolute Gasteiger partial charge is 0.416 e. The van der Waals surface area contributed by atoms with Crippen molar-refractivity contribution in [1.82, 2.24) is 9.71 Å². The lowest BCUT2D eigenvalue weighted by Gasteiger charge is -2.14. The van der Waals surface area contributed by atoms with E-state index >= 15 is 0 Å². The summed E-state index contributed by atoms with van der Waals surface area (Å²) in [6.07, 6.45) is -2.71. The number of carbonyl (C=O) groups excluding carboxylic acids is 1. The van der Waals surface area contributed by atoms with Gasteiger partial charge in [0.05, 0.1) is 11.8 Å². The minimum absolute atomic E-state index is 0.0150. The molecule has 0 aliphatic rings. The number of hydrogen-bond donors (Lipinski definition) is 1. The van der Waals surface area contributed by atoms with E-state index in [0.29, 0.717) is 0 Å². The zero-order chi connectivity index (χ0) is 26.0. The van der Waals surface area contributed by atoms with E-state index in [4.69, 9.17) is 16.3 Å². The third-order valence-corrected chi connectivity index (χ3v) is 5.06. The highest BCUT2D eigenvalue weighted by Crippen LogP contribution is 2.37. The Kier molecular flexibility index (Phi) is 7.50. The minimum atomic E-state index is -4.59. The molecular weight excluding hydrogens is 523 g/mol. The van der Waals surface area contributed by atoms with E-state index in [0.717, 1.165) is 42.8 Å². The van der Waals surface area contributed by atoms with Crippen molar-refractivity contribution in [3.63, 3.8) is 0 Å². The number of halogens is 6. The number of pyridine rings is 1. The number of sulfonamides is 1. The van der Waals surface area contributed by atoms with Gasteiger partial charge in [0.25, 0.3) is 5.91 Å². The summed E-state index contributed by atoms with van der Waals surface area (Å²) in [6, 6.07) is 8.51. The van der Waals surface area contributed by atoms with Gasteiger partial charge >= 0.3 is 12.8 Å². The molecule has 0 fully saturated rings. The second kappa shape index (κ2) is 10.0. The van der Waals surface area contributed by atoms with Crippen LogP contribution in [0.15, 0.2) is 54.7 Å². The SMILES string of the molecule is CS(=O)(=O)NC(=O)c1ccc(-c2cnc(Oc3cccc(C(F)(F)F)c3)c(Cl)c2)c(OC(F)F)c1. The molecule has 1 N–H and O–H groups in total. The zero-order valence-electron chi connectivity index (χ0n) is 17.4. The fraction of sp³-hybridized carbons (Fsp3) is 0.143. The third kappa shape index (κ3) is 7.02. The average Bonchev–Trinajstić information content (AvgIpc) is 2.73. The van der Waals surface area contributed by atoms with E-state index in [2.05, 4.69) is 9.72 Å². The number of amides is 1. The Morgan fingerprint density at radius 2 is 1.83 bits per heavy atom. The van der Waals surface area contributed by atoms with Crippen molar-refractivity contribution >= 4 is 27.5 Å². The number of rotatable bonds is 7. The third-order valence-electron chi connectivity index (χ3n) is 4.23. The summed E-state index contributed by atoms with van der Waals surface area (Å²) in [7, 11) is -3.91. The summed E-state index contributed by atoms with van der Waals surface area (Å²) in [4.78, 5) is 16.0. The summed E-state index contributed by atoms with van der Waals surface area (Å²) in [5, 5.41) is -0.165. The van der Waals surface area contributed by atoms with Crippen molar-refractivity contribution in [3.05, 3.63) is 70.9 Å². The summed E-state index contributed by atoms with van der Waals surface area (Å²) >= 11 is 6.14. The molecule has 2 aromatic carbocycles. The number of ether oxygens (including phenoxy) is 2. The monoisotopic (exact) mass is 536 g/mol. The molecule has 0 aliphatic heterocycles. The molecule has 3 aromatic rings. The van der Waals surface area contributed by atoms with E-state index in [-0.39, 0.29) is 33.3 Å². The molecule has 1 aromatic heterocycles. The maximum Gasteiger partial charge on any atom is 0.416 e. The molecule has 0 radical (unpaired) electrons. The van der Waals surface area contributed by atoms with E-state index in [1.54, 1.807) is 4.72 Å². The van der Waals surface area contributed by atoms with Gasteiger partial charge in [0, 0.05) is 22.9 Å². The molecule has 0 unspecified atom stereocenters. The topological polar surface area (TPSA) is 94.6 Å². The fourth-order valence-electron chi connectivity index (χ4n) is 2.82. The number of aromatic nitrogens is 1. The Labute approximate surface area is 200 Å². The maximum atomic E-state index is 13.0. The summed E-state index contributed by atoms with van der Waals surface area (Å²) < 4.78 is 98.6. The molecule has 0 spiro atoms. The molecule has 0 saturated heterocycles. The molecule has 7 nitrogen and oxygen atoms in total. The highest BCUT2D eigenvalue weighted by atomic mass is 35.5. The van der Waals surface area contributed by atoms with Crippen molar-refractivity contribution in [2.75, 3.05) is 6.26 Å². The van der Waals surface area contributed by atoms with Gasteiger partial charge in [-0.2, -0.15) is 22.0 Å². The number of benzene rings is 2. The second-order valence-electron chi connectivity index (χ2n) is 6.93. The van der Waals surface area contributed by atoms with Gasteiger partial charge in [-0.3, -0.25) is 4.79 Å². The van der Waals surface area contributed by atoms with Crippen molar-refractivity contribution in [1.29, 1.82) is 0 Å². The number of hydrogen-bond acceptors (Lipinski definition) is 6. The van der Waals surface area contributed by atoms with Crippen LogP contribution < -0.4 is 14.2 Å². The summed E-state index contributed by atoms with van der Waals surface area (Å²) in [5.74, 6) is -2.00. The molecule has 1 amide bonds. The first kappa shape index (κ1) is 26.2. The molecule has 1 heterocycles. The van der Waals surface area contributed by atoms with Crippen LogP contribution in [0, 0.1) is 0 Å². The van der Waals surface area contributed by atoms with Crippen molar-refractivity contribution in [2.45, 2.75) is 12.8 Å². The van der Waals surface area contributed by atoms with Gasteiger partial charge in [-0.05, 0) is 42.5 Å². The molecule has 0 aliphatic carbocycles. The van der Waals surface area contributed by atoms with Crippen molar-refractivity contribution in [3.8, 4) is 28.5 Å². The molecule has 14 heteroatoms. The van der Waals surface area contributed by atoms with E-state index < -0.39 is 40.0 Å². The molecule has 3 rings (SSSR count). The van der Waals surface area contributed by atoms with Crippen LogP contribution >= 0.6 is 11.6 Å². The maximum absolute atomic E-state index is 13.0. The van der Waals surface area contributed by atoms with Crippen LogP contribution in [0.3, 0.4) is 0 Å². The fourth-order valence-corrected chi connectivity index (χ4v) is 3.48. The lowest BCUT2D eigenvalue weighted by atomic mass is 10.0. The predicted molar refractivity (Wildman–Crippen MR) is 115 cm³/mol. The first-order valence-corrected chi connectivity index (χ1v) is 11.6. The van der Waals surface area contributed by atoms with Gasteiger partial charge in [-0.25, -0.2) is 18.1 Å². The Bertz CT molecular complexity index is 1370. The Morgan fingerprint density at radius 1 is 1.11 bits per heavy atom. The Hall–Kier alpha value is -3.45. The van der Waals surface area contributed by atoms with Gasteiger partial charge in [0.2, 0.25) is 15.9 Å². The van der Waals surface area contributed by atoms with Crippen LogP contribution in [-0.4, -0.2) is 32.2 Å². The normalized spacial score (nSPS) is 11.9. The Morgan fingerprint density at radius 3 is 2.43 bits per heavy atom. The van der Waals surface area contributed by atoms with Crippen LogP contribution in [-0.2, 0) is 16.2 Å². The predicted octanol–water partition coefficient (Wildman–Crippen LogP) is 5.50. The zero-order valence-corrected chi connectivity index (χ0v) is 19.0. The van der Waals surface area contributed by atoms with Crippen LogP contribution in [0.25, 0.3) is 11.1 Å². The number of carbonyl (C=O) groups is 1. The first-order valence-electron chi connectivity index (χ1n) is 9.35. The van der Waals surface area contributed by atoms with Gasteiger partial charge in [0.15, 0.2) is 0 Å². The first-order chi connectivity index (χ1) is 16.2. The lowest BCUT2D eigenvalue weighted by molar-refractivity contribution is -0.137. The lowest BCUT2D eigenvalue weighted by Crippen LogP contribution is -2.29. The molecule has 35 heavy (non-hydrogen) atoms. The van der Waals surface area contributed by atoms with Gasteiger partial charge in [-0.1, -0.05) is 17.7 Å². The second-order valence-corrected chi connectivity index (χ2v) is 9.09. The van der Waals surface area contributed by atoms with Crippen LogP contribution in [0.1, 0.15) is 15.9 Å². The highest BCUT2D eigenvalue weighted by molar-refractivity contribution is 7.89. The molecule has 0 saturated carbocycles. The van der Waals surface area contributed by atoms with E-state index in [9.17, 15) is 35.2 Å². The largest absolute Gasteiger partial charge is 0.438 e. The molecule has 0 bridgehead atoms. The highest BCUT2D eigenvalue weighted by Gasteiger charge is 2.30. The minimum Gasteiger partial charge on any atom is -0.438 e. The van der Waals surface area contributed by atoms with Crippen LogP contribution in [0.5, 0.6) is 17.4 Å². The van der Waals surface area contributed by atoms with Gasteiger partial charge < -0.3 is 9.47 Å². The molecular formula is C21H14ClF5N2O5S. The van der Waals surface area contributed by atoms with Gasteiger partial charge in [-0.15, -0.1) is 0 Å². The number of nitrogens with one attached hydrogen (secondary N) is 1. The molecule has 0 atom stereocenters. The van der Waals surface area contributed by atoms with Crippen LogP contribution in [0.2, 0.25) is 5.02 Å². The quantitative estimate of drug-likeness (QED) is 0.401. The molecule has 186 valence electrons. The van der Waals surface area contributed by atoms with Crippen LogP contribution in [0.4, 0.5) is 22.0 Å². The average molecular weight is 537 g/mol. The van der Waals surface area contributed by atoms with Crippen molar-refractivity contribution in [2.24, 2.45) is 0 Å².